The van der Waals surface area contributed by atoms with Crippen LogP contribution < -0.4 is 4.74 Å². The van der Waals surface area contributed by atoms with Crippen molar-refractivity contribution in [2.45, 2.75) is 63.2 Å². The van der Waals surface area contributed by atoms with Gasteiger partial charge in [0, 0.05) is 17.9 Å². The molecule has 1 aliphatic rings. The third kappa shape index (κ3) is 5.36. The van der Waals surface area contributed by atoms with Gasteiger partial charge >= 0.3 is 6.01 Å². The number of hydrogen-bond acceptors (Lipinski definition) is 6. The Balaban J connectivity index is 1.61. The molecule has 7 nitrogen and oxygen atoms in total. The first-order valence-corrected chi connectivity index (χ1v) is 11.8. The van der Waals surface area contributed by atoms with Gasteiger partial charge in [0.2, 0.25) is 5.91 Å². The van der Waals surface area contributed by atoms with Crippen molar-refractivity contribution in [1.29, 1.82) is 0 Å². The van der Waals surface area contributed by atoms with Crippen LogP contribution in [-0.4, -0.2) is 53.6 Å². The summed E-state index contributed by atoms with van der Waals surface area (Å²) in [6, 6.07) is 8.84. The largest absolute Gasteiger partial charge is 0.458 e. The predicted molar refractivity (Wildman–Crippen MR) is 114 cm³/mol. The predicted octanol–water partition coefficient (Wildman–Crippen LogP) is 2.89. The van der Waals surface area contributed by atoms with Crippen LogP contribution >= 0.6 is 0 Å². The average Bonchev–Trinajstić information content (AvgIpc) is 2.67. The second-order valence-corrected chi connectivity index (χ2v) is 10.6. The summed E-state index contributed by atoms with van der Waals surface area (Å²) in [5.41, 5.74) is 2.50. The van der Waals surface area contributed by atoms with Crippen molar-refractivity contribution in [3.05, 3.63) is 47.3 Å². The number of rotatable bonds is 6. The maximum absolute atomic E-state index is 12.8. The van der Waals surface area contributed by atoms with Crippen LogP contribution in [0.2, 0.25) is 0 Å². The molecule has 162 valence electrons. The number of sulfone groups is 1. The molecule has 3 rings (SSSR count). The third-order valence-electron chi connectivity index (χ3n) is 5.19. The van der Waals surface area contributed by atoms with E-state index in [0.717, 1.165) is 29.8 Å². The van der Waals surface area contributed by atoms with E-state index in [1.165, 1.54) is 0 Å². The van der Waals surface area contributed by atoms with Crippen molar-refractivity contribution in [3.63, 3.8) is 0 Å². The number of benzene rings is 1. The maximum atomic E-state index is 12.8. The SMILES string of the molecule is Cc1cc(C)nc(OC2CCCN(C(=O)Cc3ccc(S(=O)(=O)C(C)C)cc3)C2)n1. The van der Waals surface area contributed by atoms with E-state index in [9.17, 15) is 13.2 Å². The summed E-state index contributed by atoms with van der Waals surface area (Å²) in [6.07, 6.45) is 1.80. The lowest BCUT2D eigenvalue weighted by atomic mass is 10.1. The van der Waals surface area contributed by atoms with Crippen LogP contribution in [0.25, 0.3) is 0 Å². The van der Waals surface area contributed by atoms with Gasteiger partial charge in [-0.15, -0.1) is 0 Å². The molecule has 1 aromatic carbocycles. The molecule has 8 heteroatoms. The molecule has 1 aliphatic heterocycles. The zero-order valence-electron chi connectivity index (χ0n) is 18.0. The van der Waals surface area contributed by atoms with Crippen molar-refractivity contribution < 1.29 is 17.9 Å². The fourth-order valence-electron chi connectivity index (χ4n) is 3.51. The molecule has 1 amide bonds. The van der Waals surface area contributed by atoms with E-state index in [-0.39, 0.29) is 23.3 Å². The number of hydrogen-bond donors (Lipinski definition) is 0. The number of ether oxygens (including phenoxy) is 1. The Labute approximate surface area is 178 Å². The highest BCUT2D eigenvalue weighted by Crippen LogP contribution is 2.19. The molecule has 1 saturated heterocycles. The molecule has 30 heavy (non-hydrogen) atoms. The van der Waals surface area contributed by atoms with Crippen LogP contribution in [0.3, 0.4) is 0 Å². The molecule has 1 aromatic heterocycles. The highest BCUT2D eigenvalue weighted by Gasteiger charge is 2.26. The minimum absolute atomic E-state index is 0.00380. The average molecular weight is 432 g/mol. The highest BCUT2D eigenvalue weighted by molar-refractivity contribution is 7.92. The zero-order chi connectivity index (χ0) is 21.9. The molecule has 0 bridgehead atoms. The summed E-state index contributed by atoms with van der Waals surface area (Å²) in [4.78, 5) is 23.5. The van der Waals surface area contributed by atoms with Gasteiger partial charge in [-0.3, -0.25) is 4.79 Å². The lowest BCUT2D eigenvalue weighted by Gasteiger charge is -2.32. The summed E-state index contributed by atoms with van der Waals surface area (Å²) < 4.78 is 30.4. The van der Waals surface area contributed by atoms with E-state index in [1.54, 1.807) is 43.0 Å². The van der Waals surface area contributed by atoms with Crippen LogP contribution in [0.1, 0.15) is 43.6 Å². The molecule has 1 atom stereocenters. The first kappa shape index (κ1) is 22.2. The summed E-state index contributed by atoms with van der Waals surface area (Å²) in [5.74, 6) is 0.00380. The van der Waals surface area contributed by atoms with E-state index in [2.05, 4.69) is 9.97 Å². The summed E-state index contributed by atoms with van der Waals surface area (Å²) >= 11 is 0. The van der Waals surface area contributed by atoms with Gasteiger partial charge in [0.05, 0.1) is 23.1 Å². The quantitative estimate of drug-likeness (QED) is 0.699. The lowest BCUT2D eigenvalue weighted by molar-refractivity contribution is -0.133. The number of likely N-dealkylation sites (tertiary alicyclic amines) is 1. The van der Waals surface area contributed by atoms with Gasteiger partial charge in [0.25, 0.3) is 0 Å². The molecule has 0 N–H and O–H groups in total. The Morgan fingerprint density at radius 3 is 2.40 bits per heavy atom. The van der Waals surface area contributed by atoms with Crippen molar-refractivity contribution in [2.75, 3.05) is 13.1 Å². The lowest BCUT2D eigenvalue weighted by Crippen LogP contribution is -2.45. The Kier molecular flexibility index (Phi) is 6.75. The fraction of sp³-hybridized carbons (Fsp3) is 0.500. The maximum Gasteiger partial charge on any atom is 0.317 e. The monoisotopic (exact) mass is 431 g/mol. The zero-order valence-corrected chi connectivity index (χ0v) is 18.8. The number of aromatic nitrogens is 2. The second-order valence-electron chi connectivity index (χ2n) is 8.07. The normalized spacial score (nSPS) is 17.2. The Bertz CT molecular complexity index is 983. The van der Waals surface area contributed by atoms with Gasteiger partial charge in [-0.1, -0.05) is 12.1 Å². The molecule has 1 unspecified atom stereocenters. The van der Waals surface area contributed by atoms with Gasteiger partial charge in [-0.25, -0.2) is 18.4 Å². The molecule has 0 radical (unpaired) electrons. The Morgan fingerprint density at radius 2 is 1.80 bits per heavy atom. The number of aryl methyl sites for hydroxylation is 2. The van der Waals surface area contributed by atoms with E-state index >= 15 is 0 Å². The topological polar surface area (TPSA) is 89.5 Å². The smallest absolute Gasteiger partial charge is 0.317 e. The number of nitrogens with zero attached hydrogens (tertiary/aromatic N) is 3. The van der Waals surface area contributed by atoms with Crippen molar-refractivity contribution in [2.24, 2.45) is 0 Å². The van der Waals surface area contributed by atoms with Crippen LogP contribution in [0.5, 0.6) is 6.01 Å². The van der Waals surface area contributed by atoms with Crippen molar-refractivity contribution >= 4 is 15.7 Å². The Hall–Kier alpha value is -2.48. The summed E-state index contributed by atoms with van der Waals surface area (Å²) in [5, 5.41) is -0.476. The summed E-state index contributed by atoms with van der Waals surface area (Å²) in [7, 11) is -3.31. The highest BCUT2D eigenvalue weighted by atomic mass is 32.2. The molecule has 2 heterocycles. The van der Waals surface area contributed by atoms with Gasteiger partial charge in [0.15, 0.2) is 9.84 Å². The molecule has 2 aromatic rings. The van der Waals surface area contributed by atoms with Crippen molar-refractivity contribution in [3.8, 4) is 6.01 Å². The van der Waals surface area contributed by atoms with Gasteiger partial charge in [-0.05, 0) is 64.3 Å². The number of amides is 1. The molecule has 0 saturated carbocycles. The minimum atomic E-state index is -3.31. The van der Waals surface area contributed by atoms with E-state index in [0.29, 0.717) is 19.1 Å². The van der Waals surface area contributed by atoms with Crippen LogP contribution in [0, 0.1) is 13.8 Å². The van der Waals surface area contributed by atoms with E-state index in [1.807, 2.05) is 19.9 Å². The van der Waals surface area contributed by atoms with Gasteiger partial charge in [0.1, 0.15) is 6.10 Å². The molecule has 0 spiro atoms. The van der Waals surface area contributed by atoms with Gasteiger partial charge < -0.3 is 9.64 Å². The molecule has 1 fully saturated rings. The van der Waals surface area contributed by atoms with E-state index in [4.69, 9.17) is 4.74 Å². The van der Waals surface area contributed by atoms with Crippen molar-refractivity contribution in [1.82, 2.24) is 14.9 Å². The van der Waals surface area contributed by atoms with Gasteiger partial charge in [-0.2, -0.15) is 0 Å². The third-order valence-corrected chi connectivity index (χ3v) is 7.36. The van der Waals surface area contributed by atoms with Crippen LogP contribution in [0.15, 0.2) is 35.2 Å². The van der Waals surface area contributed by atoms with Crippen LogP contribution in [-0.2, 0) is 21.1 Å². The number of piperidine rings is 1. The minimum Gasteiger partial charge on any atom is -0.458 e. The summed E-state index contributed by atoms with van der Waals surface area (Å²) in [6.45, 7) is 8.29. The first-order valence-electron chi connectivity index (χ1n) is 10.2. The number of carbonyl (C=O) groups is 1. The first-order chi connectivity index (χ1) is 14.1. The fourth-order valence-corrected chi connectivity index (χ4v) is 4.57. The number of carbonyl (C=O) groups excluding carboxylic acids is 1. The second kappa shape index (κ2) is 9.12. The Morgan fingerprint density at radius 1 is 1.17 bits per heavy atom. The molecular weight excluding hydrogens is 402 g/mol. The van der Waals surface area contributed by atoms with E-state index < -0.39 is 15.1 Å². The molecular formula is C22H29N3O4S. The standard InChI is InChI=1S/C22H29N3O4S/c1-15(2)30(27,28)20-9-7-18(8-10-20)13-21(26)25-11-5-6-19(14-25)29-22-23-16(3)12-17(4)24-22/h7-10,12,15,19H,5-6,11,13-14H2,1-4H3. The van der Waals surface area contributed by atoms with Crippen LogP contribution in [0.4, 0.5) is 0 Å². The molecule has 0 aliphatic carbocycles.